The van der Waals surface area contributed by atoms with Crippen molar-refractivity contribution in [1.29, 1.82) is 0 Å². The van der Waals surface area contributed by atoms with Crippen molar-refractivity contribution in [2.24, 2.45) is 5.92 Å². The smallest absolute Gasteiger partial charge is 0.270 e. The summed E-state index contributed by atoms with van der Waals surface area (Å²) in [5.41, 5.74) is 2.11. The van der Waals surface area contributed by atoms with Crippen molar-refractivity contribution in [3.63, 3.8) is 0 Å². The van der Waals surface area contributed by atoms with Crippen LogP contribution < -0.4 is 10.2 Å². The van der Waals surface area contributed by atoms with Crippen LogP contribution in [-0.2, 0) is 10.2 Å². The standard InChI is InChI=1S/C34H24ClN3O5/c1-19-17-28-34(24-13-4-6-15-26(24)36-33(34)41)29(31(39)20-9-8-10-21(18-20)38(42)43)30(32(40)23-12-2-5-14-25(23)35)37(28)27-16-7-3-11-22(19)27/h2-18,28-30H,1H3,(H,36,41)/t28-,29-,30-,34+/m0/s1. The van der Waals surface area contributed by atoms with E-state index in [1.165, 1.54) is 24.3 Å². The van der Waals surface area contributed by atoms with Crippen LogP contribution >= 0.6 is 11.6 Å². The van der Waals surface area contributed by atoms with Crippen molar-refractivity contribution in [3.8, 4) is 0 Å². The van der Waals surface area contributed by atoms with Gasteiger partial charge in [0.05, 0.1) is 21.9 Å². The van der Waals surface area contributed by atoms with Crippen molar-refractivity contribution < 1.29 is 19.3 Å². The van der Waals surface area contributed by atoms with Gasteiger partial charge in [0, 0.05) is 40.2 Å². The SMILES string of the molecule is CC1=C[C@@H]2N(c3ccccc31)[C@H](C(=O)c1ccccc1Cl)[C@@H](C(=O)c1cccc([N+](=O)[O-])c1)[C@]21C(=O)Nc2ccccc21. The number of carbonyl (C=O) groups is 3. The first kappa shape index (κ1) is 26.8. The first-order chi connectivity index (χ1) is 20.7. The molecule has 1 spiro atoms. The van der Waals surface area contributed by atoms with Gasteiger partial charge in [0.2, 0.25) is 5.91 Å². The van der Waals surface area contributed by atoms with Gasteiger partial charge in [0.25, 0.3) is 5.69 Å². The topological polar surface area (TPSA) is 110 Å². The Morgan fingerprint density at radius 3 is 2.44 bits per heavy atom. The van der Waals surface area contributed by atoms with E-state index in [4.69, 9.17) is 11.6 Å². The summed E-state index contributed by atoms with van der Waals surface area (Å²) in [6, 6.07) is 25.0. The largest absolute Gasteiger partial charge is 0.352 e. The fraction of sp³-hybridized carbons (Fsp3) is 0.147. The number of para-hydroxylation sites is 2. The zero-order valence-corrected chi connectivity index (χ0v) is 23.6. The number of nitrogens with zero attached hydrogens (tertiary/aromatic N) is 2. The Labute approximate surface area is 251 Å². The highest BCUT2D eigenvalue weighted by Gasteiger charge is 2.70. The third-order valence-electron chi connectivity index (χ3n) is 8.92. The van der Waals surface area contributed by atoms with Crippen LogP contribution in [0.15, 0.2) is 103 Å². The molecule has 0 aliphatic carbocycles. The predicted octanol–water partition coefficient (Wildman–Crippen LogP) is 6.49. The maximum absolute atomic E-state index is 14.9. The van der Waals surface area contributed by atoms with Crippen LogP contribution in [-0.4, -0.2) is 34.5 Å². The van der Waals surface area contributed by atoms with Crippen LogP contribution in [0.4, 0.5) is 17.1 Å². The summed E-state index contributed by atoms with van der Waals surface area (Å²) < 4.78 is 0. The zero-order valence-electron chi connectivity index (χ0n) is 22.9. The molecular weight excluding hydrogens is 566 g/mol. The molecule has 0 saturated carbocycles. The number of nitrogens with one attached hydrogen (secondary N) is 1. The summed E-state index contributed by atoms with van der Waals surface area (Å²) in [7, 11) is 0. The van der Waals surface area contributed by atoms with Crippen molar-refractivity contribution in [2.45, 2.75) is 24.4 Å². The summed E-state index contributed by atoms with van der Waals surface area (Å²) in [6.07, 6.45) is 1.96. The van der Waals surface area contributed by atoms with Crippen molar-refractivity contribution in [2.75, 3.05) is 10.2 Å². The lowest BCUT2D eigenvalue weighted by Crippen LogP contribution is -2.51. The number of carbonyl (C=O) groups excluding carboxylic acids is 3. The molecule has 9 heteroatoms. The number of nitro benzene ring substituents is 1. The third-order valence-corrected chi connectivity index (χ3v) is 9.25. The van der Waals surface area contributed by atoms with Crippen LogP contribution in [0.1, 0.15) is 38.8 Å². The normalized spacial score (nSPS) is 23.2. The van der Waals surface area contributed by atoms with E-state index in [1.54, 1.807) is 42.5 Å². The molecule has 0 unspecified atom stereocenters. The zero-order chi connectivity index (χ0) is 30.0. The molecule has 0 bridgehead atoms. The maximum atomic E-state index is 14.9. The molecule has 1 saturated heterocycles. The van der Waals surface area contributed by atoms with Crippen molar-refractivity contribution in [3.05, 3.63) is 141 Å². The fourth-order valence-corrected chi connectivity index (χ4v) is 7.39. The number of hydrogen-bond donors (Lipinski definition) is 1. The summed E-state index contributed by atoms with van der Waals surface area (Å²) in [5.74, 6) is -2.64. The van der Waals surface area contributed by atoms with Gasteiger partial charge >= 0.3 is 0 Å². The highest BCUT2D eigenvalue weighted by Crippen LogP contribution is 2.59. The number of fused-ring (bicyclic) bond motifs is 6. The highest BCUT2D eigenvalue weighted by molar-refractivity contribution is 6.34. The molecule has 0 aromatic heterocycles. The molecule has 1 N–H and O–H groups in total. The Morgan fingerprint density at radius 2 is 1.65 bits per heavy atom. The van der Waals surface area contributed by atoms with Crippen molar-refractivity contribution >= 4 is 51.7 Å². The monoisotopic (exact) mass is 589 g/mol. The van der Waals surface area contributed by atoms with Gasteiger partial charge in [-0.25, -0.2) is 0 Å². The minimum absolute atomic E-state index is 0.0431. The van der Waals surface area contributed by atoms with Gasteiger partial charge in [-0.15, -0.1) is 0 Å². The van der Waals surface area contributed by atoms with Gasteiger partial charge in [0.1, 0.15) is 11.5 Å². The first-order valence-electron chi connectivity index (χ1n) is 13.8. The van der Waals surface area contributed by atoms with Crippen molar-refractivity contribution in [1.82, 2.24) is 0 Å². The molecule has 8 nitrogen and oxygen atoms in total. The lowest BCUT2D eigenvalue weighted by Gasteiger charge is -2.39. The van der Waals surface area contributed by atoms with Crippen LogP contribution in [0.25, 0.3) is 5.57 Å². The number of rotatable bonds is 5. The third kappa shape index (κ3) is 3.73. The lowest BCUT2D eigenvalue weighted by atomic mass is 9.64. The molecule has 1 fully saturated rings. The summed E-state index contributed by atoms with van der Waals surface area (Å²) in [6.45, 7) is 1.95. The quantitative estimate of drug-likeness (QED) is 0.162. The summed E-state index contributed by atoms with van der Waals surface area (Å²) in [4.78, 5) is 57.1. The van der Waals surface area contributed by atoms with E-state index in [-0.39, 0.29) is 21.8 Å². The molecule has 7 rings (SSSR count). The molecule has 3 heterocycles. The second kappa shape index (κ2) is 9.74. The summed E-state index contributed by atoms with van der Waals surface area (Å²) >= 11 is 6.57. The molecule has 212 valence electrons. The maximum Gasteiger partial charge on any atom is 0.270 e. The number of non-ortho nitro benzene ring substituents is 1. The van der Waals surface area contributed by atoms with E-state index in [1.807, 2.05) is 48.2 Å². The van der Waals surface area contributed by atoms with E-state index in [0.29, 0.717) is 16.9 Å². The number of allylic oxidation sites excluding steroid dienone is 1. The number of benzene rings is 4. The Balaban J connectivity index is 1.56. The van der Waals surface area contributed by atoms with Crippen LogP contribution in [0.3, 0.4) is 0 Å². The highest BCUT2D eigenvalue weighted by atomic mass is 35.5. The first-order valence-corrected chi connectivity index (χ1v) is 14.2. The molecule has 4 atom stereocenters. The Hall–Kier alpha value is -5.08. The fourth-order valence-electron chi connectivity index (χ4n) is 7.16. The molecule has 4 aromatic rings. The summed E-state index contributed by atoms with van der Waals surface area (Å²) in [5, 5.41) is 14.9. The number of nitro groups is 1. The molecule has 3 aliphatic rings. The number of amides is 1. The Kier molecular flexibility index (Phi) is 6.07. The van der Waals surface area contributed by atoms with Crippen LogP contribution in [0.2, 0.25) is 5.02 Å². The van der Waals surface area contributed by atoms with Crippen LogP contribution in [0, 0.1) is 16.0 Å². The minimum atomic E-state index is -1.53. The number of anilines is 2. The Bertz CT molecular complexity index is 1920. The molecular formula is C34H24ClN3O5. The van der Waals surface area contributed by atoms with E-state index in [2.05, 4.69) is 5.32 Å². The second-order valence-electron chi connectivity index (χ2n) is 11.0. The second-order valence-corrected chi connectivity index (χ2v) is 11.4. The van der Waals surface area contributed by atoms with E-state index in [9.17, 15) is 24.5 Å². The molecule has 43 heavy (non-hydrogen) atoms. The number of Topliss-reactive ketones (excluding diaryl/α,β-unsaturated/α-hetero) is 2. The number of hydrogen-bond acceptors (Lipinski definition) is 6. The molecule has 4 aromatic carbocycles. The van der Waals surface area contributed by atoms with Gasteiger partial charge in [-0.2, -0.15) is 0 Å². The van der Waals surface area contributed by atoms with E-state index >= 15 is 0 Å². The van der Waals surface area contributed by atoms with Crippen LogP contribution in [0.5, 0.6) is 0 Å². The predicted molar refractivity (Wildman–Crippen MR) is 164 cm³/mol. The molecule has 3 aliphatic heterocycles. The molecule has 1 amide bonds. The van der Waals surface area contributed by atoms with E-state index in [0.717, 1.165) is 11.1 Å². The van der Waals surface area contributed by atoms with Gasteiger partial charge < -0.3 is 10.2 Å². The minimum Gasteiger partial charge on any atom is -0.352 e. The number of halogens is 1. The van der Waals surface area contributed by atoms with E-state index < -0.39 is 45.8 Å². The van der Waals surface area contributed by atoms with Gasteiger partial charge in [-0.3, -0.25) is 24.5 Å². The Morgan fingerprint density at radius 1 is 0.930 bits per heavy atom. The van der Waals surface area contributed by atoms with Gasteiger partial charge in [0.15, 0.2) is 11.6 Å². The van der Waals surface area contributed by atoms with Gasteiger partial charge in [-0.1, -0.05) is 78.3 Å². The van der Waals surface area contributed by atoms with Gasteiger partial charge in [-0.05, 0) is 42.3 Å². The molecule has 0 radical (unpaired) electrons. The lowest BCUT2D eigenvalue weighted by molar-refractivity contribution is -0.384. The average Bonchev–Trinajstić information content (AvgIpc) is 3.49. The average molecular weight is 590 g/mol. The number of ketones is 2.